The molecule has 1 saturated heterocycles. The molecule has 160 valence electrons. The molecular weight excluding hydrogens is 428 g/mol. The number of amides is 1. The molecule has 2 atom stereocenters. The van der Waals surface area contributed by atoms with Crippen LogP contribution in [-0.2, 0) is 14.8 Å². The Hall–Kier alpha value is -2.29. The van der Waals surface area contributed by atoms with Crippen LogP contribution in [0.2, 0.25) is 5.02 Å². The summed E-state index contributed by atoms with van der Waals surface area (Å²) in [5.74, 6) is 1.01. The third-order valence-electron chi connectivity index (χ3n) is 5.35. The number of ether oxygens (including phenoxy) is 2. The largest absolute Gasteiger partial charge is 0.486 e. The van der Waals surface area contributed by atoms with E-state index in [1.165, 1.54) is 28.6 Å². The lowest BCUT2D eigenvalue weighted by atomic mass is 10.1. The fourth-order valence-electron chi connectivity index (χ4n) is 3.75. The van der Waals surface area contributed by atoms with Crippen molar-refractivity contribution in [2.75, 3.05) is 19.8 Å². The molecule has 7 nitrogen and oxygen atoms in total. The van der Waals surface area contributed by atoms with Gasteiger partial charge in [-0.2, -0.15) is 4.31 Å². The molecule has 0 radical (unpaired) electrons. The average molecular weight is 451 g/mol. The van der Waals surface area contributed by atoms with Crippen LogP contribution in [0.15, 0.2) is 47.4 Å². The van der Waals surface area contributed by atoms with Gasteiger partial charge in [-0.1, -0.05) is 17.7 Å². The number of hydrogen-bond donors (Lipinski definition) is 1. The molecule has 4 rings (SSSR count). The van der Waals surface area contributed by atoms with Crippen molar-refractivity contribution in [3.63, 3.8) is 0 Å². The highest BCUT2D eigenvalue weighted by Crippen LogP contribution is 2.33. The molecular formula is C21H23ClN2O5S. The lowest BCUT2D eigenvalue weighted by Gasteiger charge is -2.26. The van der Waals surface area contributed by atoms with E-state index in [1.54, 1.807) is 0 Å². The second-order valence-electron chi connectivity index (χ2n) is 7.36. The Labute approximate surface area is 181 Å². The Morgan fingerprint density at radius 2 is 1.83 bits per heavy atom. The van der Waals surface area contributed by atoms with E-state index in [1.807, 2.05) is 25.1 Å². The zero-order valence-corrected chi connectivity index (χ0v) is 18.1. The van der Waals surface area contributed by atoms with Gasteiger partial charge in [-0.05, 0) is 61.7 Å². The second kappa shape index (κ2) is 8.45. The van der Waals surface area contributed by atoms with Crippen LogP contribution in [0.1, 0.15) is 31.4 Å². The molecule has 0 bridgehead atoms. The number of hydrogen-bond acceptors (Lipinski definition) is 5. The van der Waals surface area contributed by atoms with Gasteiger partial charge < -0.3 is 14.8 Å². The number of nitrogens with zero attached hydrogens (tertiary/aromatic N) is 1. The average Bonchev–Trinajstić information content (AvgIpc) is 3.25. The maximum atomic E-state index is 13.0. The topological polar surface area (TPSA) is 84.9 Å². The highest BCUT2D eigenvalue weighted by Gasteiger charge is 2.39. The lowest BCUT2D eigenvalue weighted by molar-refractivity contribution is -0.124. The summed E-state index contributed by atoms with van der Waals surface area (Å²) in [7, 11) is -3.78. The first kappa shape index (κ1) is 21.0. The third kappa shape index (κ3) is 4.12. The molecule has 2 aliphatic rings. The lowest BCUT2D eigenvalue weighted by Crippen LogP contribution is -2.46. The number of sulfonamides is 1. The molecule has 0 aromatic heterocycles. The number of carbonyl (C=O) groups excluding carboxylic acids is 1. The molecule has 1 amide bonds. The van der Waals surface area contributed by atoms with Gasteiger partial charge in [-0.25, -0.2) is 8.42 Å². The Bertz CT molecular complexity index is 1040. The highest BCUT2D eigenvalue weighted by molar-refractivity contribution is 7.89. The molecule has 9 heteroatoms. The van der Waals surface area contributed by atoms with Crippen molar-refractivity contribution in [3.8, 4) is 11.5 Å². The van der Waals surface area contributed by atoms with Gasteiger partial charge in [0.2, 0.25) is 15.9 Å². The van der Waals surface area contributed by atoms with Gasteiger partial charge in [0, 0.05) is 11.6 Å². The van der Waals surface area contributed by atoms with Gasteiger partial charge >= 0.3 is 0 Å². The van der Waals surface area contributed by atoms with Crippen LogP contribution in [0.4, 0.5) is 0 Å². The van der Waals surface area contributed by atoms with E-state index in [4.69, 9.17) is 21.1 Å². The number of nitrogens with one attached hydrogen (secondary N) is 1. The third-order valence-corrected chi connectivity index (χ3v) is 7.53. The van der Waals surface area contributed by atoms with Crippen LogP contribution < -0.4 is 14.8 Å². The van der Waals surface area contributed by atoms with Gasteiger partial charge in [-0.15, -0.1) is 0 Å². The molecule has 2 heterocycles. The summed E-state index contributed by atoms with van der Waals surface area (Å²) in [5.41, 5.74) is 0.859. The molecule has 30 heavy (non-hydrogen) atoms. The van der Waals surface area contributed by atoms with Crippen molar-refractivity contribution in [1.29, 1.82) is 0 Å². The molecule has 0 unspecified atom stereocenters. The molecule has 1 fully saturated rings. The molecule has 0 saturated carbocycles. The first-order valence-electron chi connectivity index (χ1n) is 9.83. The van der Waals surface area contributed by atoms with Crippen molar-refractivity contribution in [3.05, 3.63) is 53.1 Å². The minimum atomic E-state index is -3.78. The zero-order valence-electron chi connectivity index (χ0n) is 16.5. The molecule has 1 N–H and O–H groups in total. The Kier molecular flexibility index (Phi) is 5.90. The summed E-state index contributed by atoms with van der Waals surface area (Å²) in [6.07, 6.45) is 1.11. The molecule has 0 aliphatic carbocycles. The minimum absolute atomic E-state index is 0.131. The van der Waals surface area contributed by atoms with Crippen LogP contribution >= 0.6 is 11.6 Å². The number of benzene rings is 2. The van der Waals surface area contributed by atoms with Crippen molar-refractivity contribution < 1.29 is 22.7 Å². The first-order chi connectivity index (χ1) is 14.4. The number of carbonyl (C=O) groups is 1. The fraction of sp³-hybridized carbons (Fsp3) is 0.381. The van der Waals surface area contributed by atoms with Crippen molar-refractivity contribution in [2.24, 2.45) is 0 Å². The summed E-state index contributed by atoms with van der Waals surface area (Å²) in [4.78, 5) is 13.1. The van der Waals surface area contributed by atoms with Crippen LogP contribution in [0, 0.1) is 0 Å². The predicted octanol–water partition coefficient (Wildman–Crippen LogP) is 3.14. The predicted molar refractivity (Wildman–Crippen MR) is 112 cm³/mol. The van der Waals surface area contributed by atoms with Crippen molar-refractivity contribution in [1.82, 2.24) is 9.62 Å². The van der Waals surface area contributed by atoms with Crippen LogP contribution in [-0.4, -0.2) is 44.4 Å². The number of rotatable bonds is 5. The van der Waals surface area contributed by atoms with E-state index >= 15 is 0 Å². The summed E-state index contributed by atoms with van der Waals surface area (Å²) in [6.45, 7) is 3.16. The molecule has 2 aliphatic heterocycles. The smallest absolute Gasteiger partial charge is 0.243 e. The number of halogens is 1. The maximum absolute atomic E-state index is 13.0. The van der Waals surface area contributed by atoms with E-state index in [0.717, 1.165) is 5.56 Å². The SMILES string of the molecule is C[C@@H](NC(=O)[C@@H]1CCCN1S(=O)(=O)c1ccc(Cl)cc1)c1ccc2c(c1)OCCO2. The van der Waals surface area contributed by atoms with Crippen molar-refractivity contribution in [2.45, 2.75) is 36.7 Å². The molecule has 2 aromatic carbocycles. The van der Waals surface area contributed by atoms with E-state index < -0.39 is 16.1 Å². The first-order valence-corrected chi connectivity index (χ1v) is 11.7. The van der Waals surface area contributed by atoms with E-state index in [9.17, 15) is 13.2 Å². The van der Waals surface area contributed by atoms with Crippen LogP contribution in [0.25, 0.3) is 0 Å². The van der Waals surface area contributed by atoms with E-state index in [2.05, 4.69) is 5.32 Å². The summed E-state index contributed by atoms with van der Waals surface area (Å²) in [5, 5.41) is 3.40. The Balaban J connectivity index is 1.49. The van der Waals surface area contributed by atoms with Gasteiger partial charge in [0.05, 0.1) is 10.9 Å². The van der Waals surface area contributed by atoms with E-state index in [0.29, 0.717) is 49.1 Å². The summed E-state index contributed by atoms with van der Waals surface area (Å²) >= 11 is 5.87. The number of fused-ring (bicyclic) bond motifs is 1. The maximum Gasteiger partial charge on any atom is 0.243 e. The monoisotopic (exact) mass is 450 g/mol. The van der Waals surface area contributed by atoms with Crippen molar-refractivity contribution >= 4 is 27.5 Å². The van der Waals surface area contributed by atoms with E-state index in [-0.39, 0.29) is 16.8 Å². The van der Waals surface area contributed by atoms with Crippen LogP contribution in [0.5, 0.6) is 11.5 Å². The normalized spacial score (nSPS) is 20.0. The minimum Gasteiger partial charge on any atom is -0.486 e. The Morgan fingerprint density at radius 1 is 1.13 bits per heavy atom. The quantitative estimate of drug-likeness (QED) is 0.756. The van der Waals surface area contributed by atoms with Gasteiger partial charge in [-0.3, -0.25) is 4.79 Å². The second-order valence-corrected chi connectivity index (χ2v) is 9.69. The summed E-state index contributed by atoms with van der Waals surface area (Å²) < 4.78 is 38.5. The zero-order chi connectivity index (χ0) is 21.3. The van der Waals surface area contributed by atoms with Gasteiger partial charge in [0.25, 0.3) is 0 Å². The van der Waals surface area contributed by atoms with Gasteiger partial charge in [0.1, 0.15) is 19.3 Å². The highest BCUT2D eigenvalue weighted by atomic mass is 35.5. The molecule has 0 spiro atoms. The Morgan fingerprint density at radius 3 is 2.57 bits per heavy atom. The van der Waals surface area contributed by atoms with Gasteiger partial charge in [0.15, 0.2) is 11.5 Å². The standard InChI is InChI=1S/C21H23ClN2O5S/c1-14(15-4-9-19-20(13-15)29-12-11-28-19)23-21(25)18-3-2-10-24(18)30(26,27)17-7-5-16(22)6-8-17/h4-9,13-14,18H,2-3,10-12H2,1H3,(H,23,25)/t14-,18+/m1/s1. The summed E-state index contributed by atoms with van der Waals surface area (Å²) in [6, 6.07) is 10.5. The van der Waals surface area contributed by atoms with Crippen LogP contribution in [0.3, 0.4) is 0 Å². The molecule has 2 aromatic rings. The fourth-order valence-corrected chi connectivity index (χ4v) is 5.54.